The van der Waals surface area contributed by atoms with Crippen LogP contribution in [0.5, 0.6) is 0 Å². The first-order chi connectivity index (χ1) is 10.9. The molecule has 23 heavy (non-hydrogen) atoms. The molecule has 0 aromatic heterocycles. The highest BCUT2D eigenvalue weighted by Crippen LogP contribution is 2.39. The van der Waals surface area contributed by atoms with Crippen LogP contribution < -0.4 is 5.32 Å². The number of amides is 1. The molecule has 1 aliphatic heterocycles. The molecule has 128 valence electrons. The molecule has 1 aliphatic carbocycles. The number of ether oxygens (including phenoxy) is 1. The molecule has 1 saturated heterocycles. The highest BCUT2D eigenvalue weighted by atomic mass is 16.5. The predicted octanol–water partition coefficient (Wildman–Crippen LogP) is -0.387. The van der Waals surface area contributed by atoms with Crippen LogP contribution in [-0.4, -0.2) is 52.4 Å². The number of allylic oxidation sites excluding steroid dienone is 1. The van der Waals surface area contributed by atoms with Crippen LogP contribution in [0, 0.1) is 11.8 Å². The van der Waals surface area contributed by atoms with E-state index >= 15 is 0 Å². The van der Waals surface area contributed by atoms with Crippen molar-refractivity contribution in [1.29, 1.82) is 0 Å². The zero-order valence-corrected chi connectivity index (χ0v) is 13.2. The van der Waals surface area contributed by atoms with Gasteiger partial charge in [0.25, 0.3) is 6.47 Å². The molecule has 1 fully saturated rings. The predicted molar refractivity (Wildman–Crippen MR) is 83.1 cm³/mol. The monoisotopic (exact) mass is 325 g/mol. The largest absolute Gasteiger partial charge is 0.458 e. The summed E-state index contributed by atoms with van der Waals surface area (Å²) in [7, 11) is -1.53. The number of hydrogen-bond acceptors (Lipinski definition) is 6. The Morgan fingerprint density at radius 1 is 1.57 bits per heavy atom. The summed E-state index contributed by atoms with van der Waals surface area (Å²) in [5.41, 5.74) is -1.22. The molecule has 0 radical (unpaired) electrons. The summed E-state index contributed by atoms with van der Waals surface area (Å²) >= 11 is 0. The number of nitrogens with one attached hydrogen (secondary N) is 1. The maximum absolute atomic E-state index is 12.3. The molecule has 0 aromatic rings. The summed E-state index contributed by atoms with van der Waals surface area (Å²) in [6, 6.07) is -0.728. The van der Waals surface area contributed by atoms with Crippen molar-refractivity contribution in [3.63, 3.8) is 0 Å². The molecule has 1 heterocycles. The van der Waals surface area contributed by atoms with Crippen LogP contribution in [0.4, 0.5) is 0 Å². The second-order valence-corrected chi connectivity index (χ2v) is 6.51. The molecule has 2 rings (SSSR count). The molecule has 0 saturated carbocycles. The first-order valence-electron chi connectivity index (χ1n) is 8.03. The average Bonchev–Trinajstić information content (AvgIpc) is 2.76. The van der Waals surface area contributed by atoms with Gasteiger partial charge >= 0.3 is 7.12 Å². The van der Waals surface area contributed by atoms with Gasteiger partial charge < -0.3 is 25.2 Å². The summed E-state index contributed by atoms with van der Waals surface area (Å²) in [4.78, 5) is 23.2. The molecule has 0 aromatic carbocycles. The Kier molecular flexibility index (Phi) is 5.83. The lowest BCUT2D eigenvalue weighted by Crippen LogP contribution is -2.54. The first-order valence-corrected chi connectivity index (χ1v) is 8.03. The second-order valence-electron chi connectivity index (χ2n) is 6.51. The maximum Gasteiger partial charge on any atom is 0.451 e. The average molecular weight is 325 g/mol. The maximum atomic E-state index is 12.3. The third-order valence-electron chi connectivity index (χ3n) is 5.01. The van der Waals surface area contributed by atoms with Gasteiger partial charge in [-0.2, -0.15) is 0 Å². The van der Waals surface area contributed by atoms with Gasteiger partial charge in [0.15, 0.2) is 0 Å². The minimum Gasteiger partial charge on any atom is -0.458 e. The molecule has 0 spiro atoms. The Morgan fingerprint density at radius 2 is 2.30 bits per heavy atom. The fourth-order valence-electron chi connectivity index (χ4n) is 3.66. The Morgan fingerprint density at radius 3 is 2.87 bits per heavy atom. The molecular formula is C15H24BNO6. The lowest BCUT2D eigenvalue weighted by Gasteiger charge is -2.37. The van der Waals surface area contributed by atoms with Gasteiger partial charge in [-0.05, 0) is 38.9 Å². The summed E-state index contributed by atoms with van der Waals surface area (Å²) in [6.07, 6.45) is 5.95. The van der Waals surface area contributed by atoms with E-state index in [-0.39, 0.29) is 31.0 Å². The van der Waals surface area contributed by atoms with Crippen LogP contribution >= 0.6 is 0 Å². The van der Waals surface area contributed by atoms with Gasteiger partial charge in [-0.15, -0.1) is 0 Å². The van der Waals surface area contributed by atoms with Crippen molar-refractivity contribution in [2.75, 3.05) is 0 Å². The number of hydrogen-bond donors (Lipinski definition) is 4. The highest BCUT2D eigenvalue weighted by molar-refractivity contribution is 6.40. The Labute approximate surface area is 135 Å². The van der Waals surface area contributed by atoms with E-state index in [1.807, 2.05) is 12.2 Å². The number of carbonyl (C=O) groups excluding carboxylic acids is 2. The topological polar surface area (TPSA) is 116 Å². The van der Waals surface area contributed by atoms with Crippen LogP contribution in [0.25, 0.3) is 0 Å². The van der Waals surface area contributed by atoms with E-state index in [1.165, 1.54) is 0 Å². The summed E-state index contributed by atoms with van der Waals surface area (Å²) in [5, 5.41) is 31.5. The molecule has 8 heteroatoms. The van der Waals surface area contributed by atoms with Crippen LogP contribution in [0.15, 0.2) is 12.2 Å². The van der Waals surface area contributed by atoms with E-state index < -0.39 is 30.8 Å². The zero-order valence-electron chi connectivity index (χ0n) is 13.2. The second kappa shape index (κ2) is 7.46. The lowest BCUT2D eigenvalue weighted by atomic mass is 9.73. The van der Waals surface area contributed by atoms with Crippen LogP contribution in [0.3, 0.4) is 0 Å². The molecule has 0 unspecified atom stereocenters. The molecule has 0 bridgehead atoms. The third-order valence-corrected chi connectivity index (χ3v) is 5.01. The normalized spacial score (nSPS) is 34.8. The first kappa shape index (κ1) is 18.0. The highest BCUT2D eigenvalue weighted by Gasteiger charge is 2.57. The Hall–Kier alpha value is -1.38. The molecule has 1 amide bonds. The van der Waals surface area contributed by atoms with Gasteiger partial charge in [0.1, 0.15) is 5.60 Å². The van der Waals surface area contributed by atoms with Crippen molar-refractivity contribution in [3.8, 4) is 0 Å². The Bertz CT molecular complexity index is 471. The number of rotatable bonds is 7. The molecule has 7 nitrogen and oxygen atoms in total. The van der Waals surface area contributed by atoms with Gasteiger partial charge in [-0.25, -0.2) is 0 Å². The number of carbonyl (C=O) groups is 2. The van der Waals surface area contributed by atoms with Crippen molar-refractivity contribution in [2.45, 2.75) is 56.7 Å². The van der Waals surface area contributed by atoms with Gasteiger partial charge in [0.05, 0.1) is 18.1 Å². The van der Waals surface area contributed by atoms with Gasteiger partial charge in [-0.3, -0.25) is 9.59 Å². The molecule has 5 atom stereocenters. The summed E-state index contributed by atoms with van der Waals surface area (Å²) in [6.45, 7) is 1.88. The zero-order chi connectivity index (χ0) is 17.0. The van der Waals surface area contributed by atoms with Crippen molar-refractivity contribution in [2.24, 2.45) is 11.8 Å². The quantitative estimate of drug-likeness (QED) is 0.288. The molecule has 4 N–H and O–H groups in total. The SMILES string of the molecule is C[C@]1(OC=O)[C@@H](CCB(O)O)C(=O)N[C@H]1[C@@H](O)[C@@H]1C=CCCC1. The molecule has 2 aliphatic rings. The minimum absolute atomic E-state index is 0.0119. The fraction of sp³-hybridized carbons (Fsp3) is 0.733. The fourth-order valence-corrected chi connectivity index (χ4v) is 3.66. The summed E-state index contributed by atoms with van der Waals surface area (Å²) in [5.74, 6) is -1.19. The van der Waals surface area contributed by atoms with Gasteiger partial charge in [0, 0.05) is 5.92 Å². The van der Waals surface area contributed by atoms with E-state index in [0.717, 1.165) is 19.3 Å². The minimum atomic E-state index is -1.53. The van der Waals surface area contributed by atoms with Gasteiger partial charge in [-0.1, -0.05) is 12.2 Å². The van der Waals surface area contributed by atoms with Crippen molar-refractivity contribution in [1.82, 2.24) is 5.32 Å². The Balaban J connectivity index is 2.20. The van der Waals surface area contributed by atoms with E-state index in [2.05, 4.69) is 5.32 Å². The van der Waals surface area contributed by atoms with Crippen molar-refractivity contribution < 1.29 is 29.5 Å². The van der Waals surface area contributed by atoms with E-state index in [4.69, 9.17) is 14.8 Å². The van der Waals surface area contributed by atoms with Crippen LogP contribution in [0.2, 0.25) is 6.32 Å². The van der Waals surface area contributed by atoms with Crippen LogP contribution in [-0.2, 0) is 14.3 Å². The van der Waals surface area contributed by atoms with E-state index in [9.17, 15) is 14.7 Å². The summed E-state index contributed by atoms with van der Waals surface area (Å²) < 4.78 is 5.22. The van der Waals surface area contributed by atoms with E-state index in [0.29, 0.717) is 0 Å². The van der Waals surface area contributed by atoms with Crippen molar-refractivity contribution in [3.05, 3.63) is 12.2 Å². The van der Waals surface area contributed by atoms with Crippen molar-refractivity contribution >= 4 is 19.5 Å². The smallest absolute Gasteiger partial charge is 0.451 e. The number of aliphatic hydroxyl groups excluding tert-OH is 1. The molecular weight excluding hydrogens is 301 g/mol. The number of aliphatic hydroxyl groups is 1. The van der Waals surface area contributed by atoms with Gasteiger partial charge in [0.2, 0.25) is 5.91 Å². The van der Waals surface area contributed by atoms with Crippen LogP contribution in [0.1, 0.15) is 32.6 Å². The third kappa shape index (κ3) is 3.76. The standard InChI is InChI=1S/C15H24BNO6/c1-15(23-9-18)11(7-8-16(21)22)14(20)17-13(15)12(19)10-5-3-2-4-6-10/h3,5,9-13,19,21-22H,2,4,6-8H2,1H3,(H,17,20)/t10-,11+,12+,13+,15+/m1/s1. The van der Waals surface area contributed by atoms with E-state index in [1.54, 1.807) is 6.92 Å². The lowest BCUT2D eigenvalue weighted by molar-refractivity contribution is -0.152.